The van der Waals surface area contributed by atoms with Gasteiger partial charge < -0.3 is 15.5 Å². The largest absolute Gasteiger partial charge is 0.357 e. The van der Waals surface area contributed by atoms with Crippen molar-refractivity contribution in [1.29, 1.82) is 0 Å². The average molecular weight is 499 g/mol. The predicted molar refractivity (Wildman–Crippen MR) is 121 cm³/mol. The monoisotopic (exact) mass is 499 g/mol. The number of carbonyl (C=O) groups excluding carboxylic acids is 2. The number of hydrogen-bond acceptors (Lipinski definition) is 3. The zero-order valence-electron chi connectivity index (χ0n) is 16.6. The summed E-state index contributed by atoms with van der Waals surface area (Å²) < 4.78 is 0. The lowest BCUT2D eigenvalue weighted by Crippen LogP contribution is -2.48. The molecule has 7 nitrogen and oxygen atoms in total. The molecule has 8 heteroatoms. The Morgan fingerprint density at radius 3 is 2.64 bits per heavy atom. The molecule has 2 aliphatic heterocycles. The summed E-state index contributed by atoms with van der Waals surface area (Å²) in [5, 5.41) is 5.88. The minimum absolute atomic E-state index is 0. The predicted octanol–water partition coefficient (Wildman–Crippen LogP) is 2.25. The second-order valence-electron chi connectivity index (χ2n) is 7.17. The summed E-state index contributed by atoms with van der Waals surface area (Å²) in [6, 6.07) is 10.4. The fourth-order valence-corrected chi connectivity index (χ4v) is 3.90. The number of carbonyl (C=O) groups is 2. The van der Waals surface area contributed by atoms with Gasteiger partial charge in [-0.1, -0.05) is 37.3 Å². The number of rotatable bonds is 5. The van der Waals surface area contributed by atoms with Gasteiger partial charge >= 0.3 is 6.03 Å². The van der Waals surface area contributed by atoms with Gasteiger partial charge in [0.2, 0.25) is 5.91 Å². The summed E-state index contributed by atoms with van der Waals surface area (Å²) in [5.74, 6) is 1.77. The summed E-state index contributed by atoms with van der Waals surface area (Å²) in [4.78, 5) is 31.5. The maximum Gasteiger partial charge on any atom is 0.324 e. The van der Waals surface area contributed by atoms with E-state index in [1.54, 1.807) is 0 Å². The van der Waals surface area contributed by atoms with Crippen LogP contribution < -0.4 is 10.6 Å². The van der Waals surface area contributed by atoms with Gasteiger partial charge in [0, 0.05) is 19.6 Å². The second-order valence-corrected chi connectivity index (χ2v) is 7.17. The molecular formula is C20H30IN5O2. The smallest absolute Gasteiger partial charge is 0.324 e. The van der Waals surface area contributed by atoms with E-state index in [1.807, 2.05) is 6.92 Å². The lowest BCUT2D eigenvalue weighted by Gasteiger charge is -2.39. The number of amides is 3. The summed E-state index contributed by atoms with van der Waals surface area (Å²) in [6.07, 6.45) is 1.09. The van der Waals surface area contributed by atoms with Crippen LogP contribution in [0.3, 0.4) is 0 Å². The molecule has 2 saturated heterocycles. The highest BCUT2D eigenvalue weighted by Crippen LogP contribution is 2.32. The highest BCUT2D eigenvalue weighted by Gasteiger charge is 2.30. The van der Waals surface area contributed by atoms with Crippen LogP contribution in [0.2, 0.25) is 0 Å². The number of benzene rings is 1. The zero-order valence-corrected chi connectivity index (χ0v) is 18.9. The SMILES string of the molecule is CCNC(=NCCN1C(=O)CNC1=O)N1CCC(c2ccccc2)C(C)C1.I. The molecular weight excluding hydrogens is 469 g/mol. The quantitative estimate of drug-likeness (QED) is 0.282. The topological polar surface area (TPSA) is 77.0 Å². The van der Waals surface area contributed by atoms with Crippen LogP contribution in [-0.4, -0.2) is 67.0 Å². The van der Waals surface area contributed by atoms with Crippen molar-refractivity contribution < 1.29 is 9.59 Å². The van der Waals surface area contributed by atoms with Gasteiger partial charge in [-0.15, -0.1) is 24.0 Å². The van der Waals surface area contributed by atoms with Crippen LogP contribution in [0.5, 0.6) is 0 Å². The molecule has 0 bridgehead atoms. The van der Waals surface area contributed by atoms with Crippen LogP contribution in [0, 0.1) is 5.92 Å². The van der Waals surface area contributed by atoms with E-state index in [9.17, 15) is 9.59 Å². The summed E-state index contributed by atoms with van der Waals surface area (Å²) in [5.41, 5.74) is 1.41. The van der Waals surface area contributed by atoms with Crippen LogP contribution in [0.1, 0.15) is 31.7 Å². The Bertz CT molecular complexity index is 681. The third-order valence-corrected chi connectivity index (χ3v) is 5.29. The van der Waals surface area contributed by atoms with Crippen molar-refractivity contribution in [3.8, 4) is 0 Å². The van der Waals surface area contributed by atoms with Gasteiger partial charge in [0.05, 0.1) is 19.6 Å². The first-order valence-corrected chi connectivity index (χ1v) is 9.76. The van der Waals surface area contributed by atoms with E-state index in [0.29, 0.717) is 24.9 Å². The van der Waals surface area contributed by atoms with Crippen molar-refractivity contribution in [2.24, 2.45) is 10.9 Å². The molecule has 3 amide bonds. The van der Waals surface area contributed by atoms with E-state index < -0.39 is 0 Å². The first-order valence-electron chi connectivity index (χ1n) is 9.76. The van der Waals surface area contributed by atoms with Crippen LogP contribution in [0.4, 0.5) is 4.79 Å². The molecule has 154 valence electrons. The molecule has 28 heavy (non-hydrogen) atoms. The molecule has 2 atom stereocenters. The van der Waals surface area contributed by atoms with Crippen LogP contribution in [0.25, 0.3) is 0 Å². The Hall–Kier alpha value is -1.84. The minimum atomic E-state index is -0.322. The molecule has 0 aromatic heterocycles. The molecule has 0 spiro atoms. The molecule has 1 aromatic carbocycles. The zero-order chi connectivity index (χ0) is 19.2. The van der Waals surface area contributed by atoms with Crippen LogP contribution in [0.15, 0.2) is 35.3 Å². The molecule has 2 aliphatic rings. The Morgan fingerprint density at radius 1 is 1.29 bits per heavy atom. The standard InChI is InChI=1S/C20H29N5O2.HI/c1-3-21-19(22-10-12-25-18(26)13-23-20(25)27)24-11-9-17(15(2)14-24)16-7-5-4-6-8-16;/h4-8,15,17H,3,9-14H2,1-2H3,(H,21,22)(H,23,27);1H. The number of guanidine groups is 1. The third-order valence-electron chi connectivity index (χ3n) is 5.29. The fourth-order valence-electron chi connectivity index (χ4n) is 3.90. The van der Waals surface area contributed by atoms with E-state index in [-0.39, 0.29) is 42.5 Å². The molecule has 0 saturated carbocycles. The number of nitrogens with zero attached hydrogens (tertiary/aromatic N) is 3. The first kappa shape index (κ1) is 22.4. The van der Waals surface area contributed by atoms with Crippen molar-refractivity contribution in [3.05, 3.63) is 35.9 Å². The van der Waals surface area contributed by atoms with E-state index in [4.69, 9.17) is 0 Å². The van der Waals surface area contributed by atoms with Gasteiger partial charge in [0.25, 0.3) is 0 Å². The number of piperidine rings is 1. The lowest BCUT2D eigenvalue weighted by molar-refractivity contribution is -0.124. The van der Waals surface area contributed by atoms with E-state index in [1.165, 1.54) is 10.5 Å². The second kappa shape index (κ2) is 10.6. The normalized spacial score (nSPS) is 22.7. The number of hydrogen-bond donors (Lipinski definition) is 2. The van der Waals surface area contributed by atoms with Gasteiger partial charge in [0.1, 0.15) is 0 Å². The van der Waals surface area contributed by atoms with E-state index >= 15 is 0 Å². The van der Waals surface area contributed by atoms with E-state index in [0.717, 1.165) is 32.0 Å². The van der Waals surface area contributed by atoms with Gasteiger partial charge in [-0.25, -0.2) is 4.79 Å². The maximum atomic E-state index is 11.7. The molecule has 2 heterocycles. The highest BCUT2D eigenvalue weighted by molar-refractivity contribution is 14.0. The molecule has 0 aliphatic carbocycles. The Kier molecular flexibility index (Phi) is 8.53. The Balaban J connectivity index is 0.00000280. The minimum Gasteiger partial charge on any atom is -0.357 e. The van der Waals surface area contributed by atoms with E-state index in [2.05, 4.69) is 57.8 Å². The van der Waals surface area contributed by atoms with Crippen molar-refractivity contribution in [3.63, 3.8) is 0 Å². The van der Waals surface area contributed by atoms with Crippen molar-refractivity contribution >= 4 is 41.9 Å². The first-order chi connectivity index (χ1) is 13.1. The molecule has 3 rings (SSSR count). The van der Waals surface area contributed by atoms with Gasteiger partial charge in [-0.05, 0) is 30.7 Å². The lowest BCUT2D eigenvalue weighted by atomic mass is 9.82. The number of aliphatic imine (C=N–C) groups is 1. The summed E-state index contributed by atoms with van der Waals surface area (Å²) in [6.45, 7) is 7.83. The summed E-state index contributed by atoms with van der Waals surface area (Å²) >= 11 is 0. The number of likely N-dealkylation sites (tertiary alicyclic amines) is 1. The highest BCUT2D eigenvalue weighted by atomic mass is 127. The summed E-state index contributed by atoms with van der Waals surface area (Å²) in [7, 11) is 0. The van der Waals surface area contributed by atoms with Crippen molar-refractivity contribution in [1.82, 2.24) is 20.4 Å². The van der Waals surface area contributed by atoms with Gasteiger partial charge in [-0.2, -0.15) is 0 Å². The molecule has 2 fully saturated rings. The van der Waals surface area contributed by atoms with Gasteiger partial charge in [-0.3, -0.25) is 14.7 Å². The molecule has 2 unspecified atom stereocenters. The van der Waals surface area contributed by atoms with Crippen LogP contribution >= 0.6 is 24.0 Å². The van der Waals surface area contributed by atoms with Crippen LogP contribution in [-0.2, 0) is 4.79 Å². The molecule has 2 N–H and O–H groups in total. The fraction of sp³-hybridized carbons (Fsp3) is 0.550. The number of halogens is 1. The molecule has 1 aromatic rings. The molecule has 0 radical (unpaired) electrons. The number of urea groups is 1. The Morgan fingerprint density at radius 2 is 2.04 bits per heavy atom. The van der Waals surface area contributed by atoms with Crippen molar-refractivity contribution in [2.75, 3.05) is 39.3 Å². The number of imide groups is 1. The number of nitrogens with one attached hydrogen (secondary N) is 2. The maximum absolute atomic E-state index is 11.7. The van der Waals surface area contributed by atoms with Crippen molar-refractivity contribution in [2.45, 2.75) is 26.2 Å². The Labute approximate surface area is 184 Å². The third kappa shape index (κ3) is 5.36. The average Bonchev–Trinajstić information content (AvgIpc) is 3.00. The van der Waals surface area contributed by atoms with Gasteiger partial charge in [0.15, 0.2) is 5.96 Å².